The van der Waals surface area contributed by atoms with Gasteiger partial charge in [-0.1, -0.05) is 24.3 Å². The number of benzene rings is 2. The second-order valence-corrected chi connectivity index (χ2v) is 9.36. The minimum atomic E-state index is -3.46. The van der Waals surface area contributed by atoms with E-state index in [9.17, 15) is 8.42 Å². The summed E-state index contributed by atoms with van der Waals surface area (Å²) in [6.45, 7) is 1.01. The number of nitrogens with one attached hydrogen (secondary N) is 2. The second-order valence-electron chi connectivity index (χ2n) is 7.56. The lowest BCUT2D eigenvalue weighted by molar-refractivity contribution is 0.114. The number of sulfonamides is 1. The molecule has 1 atom stereocenters. The van der Waals surface area contributed by atoms with Crippen LogP contribution in [0.25, 0.3) is 11.3 Å². The highest BCUT2D eigenvalue weighted by Gasteiger charge is 2.19. The van der Waals surface area contributed by atoms with E-state index in [0.717, 1.165) is 35.5 Å². The SMILES string of the molecule is COc1ccccc1-c1cc(Nc2cccc(CS(=O)(=O)NCC3CCCO3)c2)ncn1. The Morgan fingerprint density at radius 2 is 2.00 bits per heavy atom. The Bertz CT molecular complexity index is 1160. The first-order valence-corrected chi connectivity index (χ1v) is 12.1. The van der Waals surface area contributed by atoms with E-state index in [2.05, 4.69) is 20.0 Å². The molecule has 1 aromatic heterocycles. The van der Waals surface area contributed by atoms with Crippen molar-refractivity contribution in [2.24, 2.45) is 0 Å². The normalized spacial score (nSPS) is 16.1. The molecule has 4 rings (SSSR count). The number of nitrogens with zero attached hydrogens (tertiary/aromatic N) is 2. The molecule has 1 saturated heterocycles. The van der Waals surface area contributed by atoms with Crippen LogP contribution in [0.15, 0.2) is 60.9 Å². The number of anilines is 2. The fourth-order valence-corrected chi connectivity index (χ4v) is 4.77. The first-order chi connectivity index (χ1) is 15.5. The summed E-state index contributed by atoms with van der Waals surface area (Å²) < 4.78 is 38.5. The Morgan fingerprint density at radius 1 is 1.12 bits per heavy atom. The second kappa shape index (κ2) is 10.1. The molecule has 1 unspecified atom stereocenters. The van der Waals surface area contributed by atoms with Crippen molar-refractivity contribution >= 4 is 21.5 Å². The summed E-state index contributed by atoms with van der Waals surface area (Å²) in [7, 11) is -1.84. The molecule has 168 valence electrons. The molecule has 2 heterocycles. The van der Waals surface area contributed by atoms with Crippen LogP contribution >= 0.6 is 0 Å². The summed E-state index contributed by atoms with van der Waals surface area (Å²) in [4.78, 5) is 8.64. The molecule has 1 aliphatic rings. The quantitative estimate of drug-likeness (QED) is 0.510. The van der Waals surface area contributed by atoms with E-state index in [1.165, 1.54) is 6.33 Å². The molecule has 1 fully saturated rings. The number of para-hydroxylation sites is 1. The maximum atomic E-state index is 12.5. The van der Waals surface area contributed by atoms with Gasteiger partial charge in [-0.15, -0.1) is 0 Å². The topological polar surface area (TPSA) is 102 Å². The molecule has 0 amide bonds. The van der Waals surface area contributed by atoms with Crippen LogP contribution < -0.4 is 14.8 Å². The van der Waals surface area contributed by atoms with Crippen LogP contribution in [0.1, 0.15) is 18.4 Å². The van der Waals surface area contributed by atoms with Gasteiger partial charge in [0.25, 0.3) is 0 Å². The molecule has 0 aliphatic carbocycles. The predicted octanol–water partition coefficient (Wildman–Crippen LogP) is 3.49. The first-order valence-electron chi connectivity index (χ1n) is 10.4. The van der Waals surface area contributed by atoms with Crippen molar-refractivity contribution in [1.29, 1.82) is 0 Å². The van der Waals surface area contributed by atoms with Crippen LogP contribution in [0.3, 0.4) is 0 Å². The summed E-state index contributed by atoms with van der Waals surface area (Å²) >= 11 is 0. The number of rotatable bonds is 9. The monoisotopic (exact) mass is 454 g/mol. The highest BCUT2D eigenvalue weighted by atomic mass is 32.2. The van der Waals surface area contributed by atoms with Crippen molar-refractivity contribution in [3.8, 4) is 17.0 Å². The fourth-order valence-electron chi connectivity index (χ4n) is 3.61. The molecule has 32 heavy (non-hydrogen) atoms. The van der Waals surface area contributed by atoms with E-state index < -0.39 is 10.0 Å². The third-order valence-electron chi connectivity index (χ3n) is 5.16. The molecule has 1 aliphatic heterocycles. The maximum absolute atomic E-state index is 12.5. The minimum Gasteiger partial charge on any atom is -0.496 e. The Labute approximate surface area is 188 Å². The highest BCUT2D eigenvalue weighted by Crippen LogP contribution is 2.29. The average Bonchev–Trinajstić information content (AvgIpc) is 3.32. The third-order valence-corrected chi connectivity index (χ3v) is 6.48. The van der Waals surface area contributed by atoms with Gasteiger partial charge in [0.05, 0.1) is 24.7 Å². The molecule has 8 nitrogen and oxygen atoms in total. The Kier molecular flexibility index (Phi) is 6.99. The summed E-state index contributed by atoms with van der Waals surface area (Å²) in [6.07, 6.45) is 3.31. The van der Waals surface area contributed by atoms with Gasteiger partial charge in [-0.05, 0) is 42.7 Å². The van der Waals surface area contributed by atoms with Crippen LogP contribution in [0.5, 0.6) is 5.75 Å². The molecule has 2 aromatic carbocycles. The largest absolute Gasteiger partial charge is 0.496 e. The van der Waals surface area contributed by atoms with Gasteiger partial charge in [-0.3, -0.25) is 0 Å². The summed E-state index contributed by atoms with van der Waals surface area (Å²) in [5.41, 5.74) is 2.99. The number of hydrogen-bond donors (Lipinski definition) is 2. The Hall–Kier alpha value is -3.01. The Morgan fingerprint density at radius 3 is 2.81 bits per heavy atom. The Balaban J connectivity index is 1.45. The van der Waals surface area contributed by atoms with E-state index >= 15 is 0 Å². The van der Waals surface area contributed by atoms with Crippen molar-refractivity contribution in [2.75, 3.05) is 25.6 Å². The molecule has 0 bridgehead atoms. The molecule has 9 heteroatoms. The van der Waals surface area contributed by atoms with Gasteiger partial charge in [0.2, 0.25) is 10.0 Å². The van der Waals surface area contributed by atoms with Gasteiger partial charge in [0.1, 0.15) is 17.9 Å². The van der Waals surface area contributed by atoms with E-state index in [1.54, 1.807) is 19.2 Å². The number of ether oxygens (including phenoxy) is 2. The highest BCUT2D eigenvalue weighted by molar-refractivity contribution is 7.88. The van der Waals surface area contributed by atoms with Crippen molar-refractivity contribution in [2.45, 2.75) is 24.7 Å². The zero-order valence-electron chi connectivity index (χ0n) is 17.8. The van der Waals surface area contributed by atoms with Gasteiger partial charge in [-0.25, -0.2) is 23.1 Å². The van der Waals surface area contributed by atoms with Crippen molar-refractivity contribution in [3.63, 3.8) is 0 Å². The average molecular weight is 455 g/mol. The van der Waals surface area contributed by atoms with Gasteiger partial charge in [-0.2, -0.15) is 0 Å². The molecule has 0 radical (unpaired) electrons. The van der Waals surface area contributed by atoms with Crippen LogP contribution in [-0.4, -0.2) is 44.8 Å². The number of methoxy groups -OCH3 is 1. The van der Waals surface area contributed by atoms with Gasteiger partial charge >= 0.3 is 0 Å². The van der Waals surface area contributed by atoms with Crippen LogP contribution in [0.2, 0.25) is 0 Å². The van der Waals surface area contributed by atoms with Gasteiger partial charge in [0.15, 0.2) is 0 Å². The first kappa shape index (κ1) is 22.2. The number of hydrogen-bond acceptors (Lipinski definition) is 7. The van der Waals surface area contributed by atoms with E-state index in [-0.39, 0.29) is 11.9 Å². The molecule has 2 N–H and O–H groups in total. The minimum absolute atomic E-state index is 0.0343. The predicted molar refractivity (Wildman–Crippen MR) is 123 cm³/mol. The lowest BCUT2D eigenvalue weighted by Gasteiger charge is -2.12. The summed E-state index contributed by atoms with van der Waals surface area (Å²) in [5, 5.41) is 3.23. The smallest absolute Gasteiger partial charge is 0.215 e. The fraction of sp³-hybridized carbons (Fsp3) is 0.304. The zero-order valence-corrected chi connectivity index (χ0v) is 18.6. The molecule has 0 spiro atoms. The van der Waals surface area contributed by atoms with Gasteiger partial charge < -0.3 is 14.8 Å². The van der Waals surface area contributed by atoms with Crippen molar-refractivity contribution < 1.29 is 17.9 Å². The van der Waals surface area contributed by atoms with E-state index in [1.807, 2.05) is 42.5 Å². The van der Waals surface area contributed by atoms with Crippen molar-refractivity contribution in [3.05, 3.63) is 66.5 Å². The molecule has 3 aromatic rings. The van der Waals surface area contributed by atoms with Crippen LogP contribution in [-0.2, 0) is 20.5 Å². The standard InChI is InChI=1S/C23H26N4O4S/c1-30-22-10-3-2-9-20(22)21-13-23(25-16-24-21)27-18-7-4-6-17(12-18)15-32(28,29)26-14-19-8-5-11-31-19/h2-4,6-7,9-10,12-13,16,19,26H,5,8,11,14-15H2,1H3,(H,24,25,27). The van der Waals surface area contributed by atoms with Gasteiger partial charge in [0, 0.05) is 30.5 Å². The van der Waals surface area contributed by atoms with Crippen molar-refractivity contribution in [1.82, 2.24) is 14.7 Å². The maximum Gasteiger partial charge on any atom is 0.215 e. The molecule has 0 saturated carbocycles. The van der Waals surface area contributed by atoms with Crippen LogP contribution in [0.4, 0.5) is 11.5 Å². The third kappa shape index (κ3) is 5.82. The lowest BCUT2D eigenvalue weighted by Crippen LogP contribution is -2.32. The lowest BCUT2D eigenvalue weighted by atomic mass is 10.1. The molecular weight excluding hydrogens is 428 g/mol. The summed E-state index contributed by atoms with van der Waals surface area (Å²) in [6, 6.07) is 16.7. The zero-order chi connectivity index (χ0) is 22.4. The van der Waals surface area contributed by atoms with Crippen LogP contribution in [0, 0.1) is 0 Å². The van der Waals surface area contributed by atoms with E-state index in [0.29, 0.717) is 24.5 Å². The summed E-state index contributed by atoms with van der Waals surface area (Å²) in [5.74, 6) is 1.21. The number of aromatic nitrogens is 2. The van der Waals surface area contributed by atoms with E-state index in [4.69, 9.17) is 9.47 Å². The molecular formula is C23H26N4O4S.